The van der Waals surface area contributed by atoms with Crippen LogP contribution in [-0.2, 0) is 7.05 Å². The third-order valence-electron chi connectivity index (χ3n) is 5.51. The predicted molar refractivity (Wildman–Crippen MR) is 113 cm³/mol. The Labute approximate surface area is 156 Å². The molecule has 0 aliphatic rings. The van der Waals surface area contributed by atoms with Gasteiger partial charge in [-0.2, -0.15) is 0 Å². The van der Waals surface area contributed by atoms with Crippen molar-refractivity contribution >= 4 is 43.9 Å². The van der Waals surface area contributed by atoms with Crippen LogP contribution >= 0.6 is 0 Å². The Bertz CT molecular complexity index is 1470. The number of benzene rings is 3. The summed E-state index contributed by atoms with van der Waals surface area (Å²) in [5, 5.41) is 3.62. The maximum atomic E-state index is 5.13. The number of pyridine rings is 1. The highest BCUT2D eigenvalue weighted by Gasteiger charge is 2.17. The third-order valence-corrected chi connectivity index (χ3v) is 5.51. The second-order valence-electron chi connectivity index (χ2n) is 6.99. The Morgan fingerprint density at radius 3 is 2.11 bits per heavy atom. The average molecular weight is 347 g/mol. The van der Waals surface area contributed by atoms with Crippen molar-refractivity contribution in [2.75, 3.05) is 0 Å². The summed E-state index contributed by atoms with van der Waals surface area (Å²) in [4.78, 5) is 5.13. The Kier molecular flexibility index (Phi) is 2.81. The molecule has 0 saturated heterocycles. The summed E-state index contributed by atoms with van der Waals surface area (Å²) < 4.78 is 4.51. The summed E-state index contributed by atoms with van der Waals surface area (Å²) in [6, 6.07) is 29.9. The highest BCUT2D eigenvalue weighted by Crippen LogP contribution is 2.35. The number of nitrogens with zero attached hydrogens (tertiary/aromatic N) is 3. The lowest BCUT2D eigenvalue weighted by Gasteiger charge is -2.07. The molecule has 3 heteroatoms. The highest BCUT2D eigenvalue weighted by atomic mass is 15.0. The van der Waals surface area contributed by atoms with E-state index in [1.54, 1.807) is 0 Å². The molecule has 0 saturated carbocycles. The number of hydrogen-bond donors (Lipinski definition) is 0. The van der Waals surface area contributed by atoms with Crippen molar-refractivity contribution in [1.82, 2.24) is 14.1 Å². The molecule has 3 aromatic carbocycles. The second kappa shape index (κ2) is 5.21. The molecular formula is C24H17N3. The maximum Gasteiger partial charge on any atom is 0.141 e. The molecule has 0 atom stereocenters. The standard InChI is InChI=1S/C24H17N3/c1-26-20-13-7-5-11-17(20)19-15-22-23(25-24(19)26)18-12-6-8-14-21(18)27(22)16-9-3-2-4-10-16/h2-15H,1H3. The first-order valence-electron chi connectivity index (χ1n) is 9.16. The SMILES string of the molecule is Cn1c2ccccc2c2cc3c(nc21)c1ccccc1n3-c1ccccc1. The van der Waals surface area contributed by atoms with Crippen LogP contribution in [-0.4, -0.2) is 14.1 Å². The second-order valence-corrected chi connectivity index (χ2v) is 6.99. The lowest BCUT2D eigenvalue weighted by Crippen LogP contribution is -1.94. The van der Waals surface area contributed by atoms with E-state index < -0.39 is 0 Å². The van der Waals surface area contributed by atoms with Crippen LogP contribution in [0, 0.1) is 0 Å². The molecule has 6 rings (SSSR count). The molecule has 0 N–H and O–H groups in total. The molecule has 6 aromatic rings. The van der Waals surface area contributed by atoms with Gasteiger partial charge in [-0.3, -0.25) is 0 Å². The van der Waals surface area contributed by atoms with Crippen LogP contribution in [0.25, 0.3) is 49.6 Å². The van der Waals surface area contributed by atoms with Gasteiger partial charge in [0.05, 0.1) is 22.1 Å². The first-order valence-corrected chi connectivity index (χ1v) is 9.16. The van der Waals surface area contributed by atoms with E-state index in [0.29, 0.717) is 0 Å². The van der Waals surface area contributed by atoms with Gasteiger partial charge in [0, 0.05) is 28.9 Å². The van der Waals surface area contributed by atoms with Crippen LogP contribution in [0.5, 0.6) is 0 Å². The molecule has 0 spiro atoms. The van der Waals surface area contributed by atoms with Gasteiger partial charge in [-0.15, -0.1) is 0 Å². The Balaban J connectivity index is 1.88. The monoisotopic (exact) mass is 347 g/mol. The van der Waals surface area contributed by atoms with Gasteiger partial charge in [0.25, 0.3) is 0 Å². The molecular weight excluding hydrogens is 330 g/mol. The summed E-state index contributed by atoms with van der Waals surface area (Å²) in [5.41, 5.74) is 6.78. The minimum atomic E-state index is 1.03. The largest absolute Gasteiger partial charge is 0.328 e. The molecule has 27 heavy (non-hydrogen) atoms. The summed E-state index contributed by atoms with van der Waals surface area (Å²) >= 11 is 0. The Morgan fingerprint density at radius 2 is 1.30 bits per heavy atom. The molecule has 128 valence electrons. The lowest BCUT2D eigenvalue weighted by molar-refractivity contribution is 0.994. The minimum absolute atomic E-state index is 1.03. The zero-order valence-corrected chi connectivity index (χ0v) is 14.9. The average Bonchev–Trinajstić information content (AvgIpc) is 3.20. The van der Waals surface area contributed by atoms with Crippen LogP contribution in [0.15, 0.2) is 84.9 Å². The molecule has 0 aliphatic heterocycles. The van der Waals surface area contributed by atoms with Gasteiger partial charge in [-0.05, 0) is 30.3 Å². The summed E-state index contributed by atoms with van der Waals surface area (Å²) in [7, 11) is 2.10. The van der Waals surface area contributed by atoms with Crippen molar-refractivity contribution in [3.63, 3.8) is 0 Å². The Hall–Kier alpha value is -3.59. The van der Waals surface area contributed by atoms with Gasteiger partial charge >= 0.3 is 0 Å². The van der Waals surface area contributed by atoms with E-state index in [0.717, 1.165) is 22.4 Å². The fraction of sp³-hybridized carbons (Fsp3) is 0.0417. The smallest absolute Gasteiger partial charge is 0.141 e. The van der Waals surface area contributed by atoms with Crippen molar-refractivity contribution in [2.45, 2.75) is 0 Å². The number of rotatable bonds is 1. The van der Waals surface area contributed by atoms with Gasteiger partial charge in [-0.25, -0.2) is 4.98 Å². The van der Waals surface area contributed by atoms with Crippen LogP contribution in [0.1, 0.15) is 0 Å². The minimum Gasteiger partial charge on any atom is -0.328 e. The summed E-state index contributed by atoms with van der Waals surface area (Å²) in [5.74, 6) is 0. The van der Waals surface area contributed by atoms with Crippen LogP contribution in [0.3, 0.4) is 0 Å². The molecule has 3 heterocycles. The van der Waals surface area contributed by atoms with Crippen molar-refractivity contribution < 1.29 is 0 Å². The van der Waals surface area contributed by atoms with Crippen molar-refractivity contribution in [3.05, 3.63) is 84.9 Å². The maximum absolute atomic E-state index is 5.13. The van der Waals surface area contributed by atoms with Crippen LogP contribution in [0.4, 0.5) is 0 Å². The molecule has 0 fully saturated rings. The molecule has 0 unspecified atom stereocenters. The van der Waals surface area contributed by atoms with E-state index in [1.807, 2.05) is 0 Å². The molecule has 0 bridgehead atoms. The Morgan fingerprint density at radius 1 is 0.630 bits per heavy atom. The zero-order chi connectivity index (χ0) is 18.0. The van der Waals surface area contributed by atoms with E-state index in [2.05, 4.69) is 101 Å². The number of para-hydroxylation sites is 3. The van der Waals surface area contributed by atoms with E-state index in [-0.39, 0.29) is 0 Å². The van der Waals surface area contributed by atoms with Gasteiger partial charge in [0.15, 0.2) is 0 Å². The molecule has 0 aliphatic carbocycles. The van der Waals surface area contributed by atoms with Crippen LogP contribution in [0.2, 0.25) is 0 Å². The molecule has 3 aromatic heterocycles. The molecule has 3 nitrogen and oxygen atoms in total. The predicted octanol–water partition coefficient (Wildman–Crippen LogP) is 5.82. The molecule has 0 radical (unpaired) electrons. The van der Waals surface area contributed by atoms with E-state index in [9.17, 15) is 0 Å². The third kappa shape index (κ3) is 1.88. The highest BCUT2D eigenvalue weighted by molar-refractivity contribution is 6.15. The quantitative estimate of drug-likeness (QED) is 0.367. The van der Waals surface area contributed by atoms with Gasteiger partial charge in [0.2, 0.25) is 0 Å². The number of hydrogen-bond acceptors (Lipinski definition) is 1. The number of aryl methyl sites for hydroxylation is 1. The van der Waals surface area contributed by atoms with Crippen molar-refractivity contribution in [3.8, 4) is 5.69 Å². The zero-order valence-electron chi connectivity index (χ0n) is 14.9. The fourth-order valence-corrected chi connectivity index (χ4v) is 4.28. The van der Waals surface area contributed by atoms with Gasteiger partial charge in [-0.1, -0.05) is 54.6 Å². The first kappa shape index (κ1) is 14.6. The van der Waals surface area contributed by atoms with E-state index in [1.165, 1.54) is 27.2 Å². The van der Waals surface area contributed by atoms with Crippen LogP contribution < -0.4 is 0 Å². The topological polar surface area (TPSA) is 22.8 Å². The van der Waals surface area contributed by atoms with E-state index in [4.69, 9.17) is 4.98 Å². The summed E-state index contributed by atoms with van der Waals surface area (Å²) in [6.45, 7) is 0. The number of aromatic nitrogens is 3. The number of fused-ring (bicyclic) bond motifs is 6. The fourth-order valence-electron chi connectivity index (χ4n) is 4.28. The van der Waals surface area contributed by atoms with Gasteiger partial charge in [0.1, 0.15) is 5.65 Å². The van der Waals surface area contributed by atoms with Crippen molar-refractivity contribution in [1.29, 1.82) is 0 Å². The van der Waals surface area contributed by atoms with Crippen molar-refractivity contribution in [2.24, 2.45) is 7.05 Å². The summed E-state index contributed by atoms with van der Waals surface area (Å²) in [6.07, 6.45) is 0. The van der Waals surface area contributed by atoms with E-state index >= 15 is 0 Å². The lowest BCUT2D eigenvalue weighted by atomic mass is 10.2. The first-order chi connectivity index (χ1) is 13.3. The molecule has 0 amide bonds. The normalized spacial score (nSPS) is 11.9. The van der Waals surface area contributed by atoms with Gasteiger partial charge < -0.3 is 9.13 Å².